The van der Waals surface area contributed by atoms with Gasteiger partial charge in [0, 0.05) is 43.3 Å². The van der Waals surface area contributed by atoms with Crippen molar-refractivity contribution in [1.82, 2.24) is 15.1 Å². The molecule has 1 aliphatic heterocycles. The highest BCUT2D eigenvalue weighted by Gasteiger charge is 2.31. The molecule has 1 saturated heterocycles. The van der Waals surface area contributed by atoms with Crippen molar-refractivity contribution in [3.63, 3.8) is 0 Å². The molecule has 7 heteroatoms. The summed E-state index contributed by atoms with van der Waals surface area (Å²) in [6.45, 7) is 0.485. The highest BCUT2D eigenvalue weighted by molar-refractivity contribution is 6.30. The maximum Gasteiger partial charge on any atom is 0.229 e. The van der Waals surface area contributed by atoms with Gasteiger partial charge in [-0.05, 0) is 36.2 Å². The summed E-state index contributed by atoms with van der Waals surface area (Å²) in [5, 5.41) is 7.65. The maximum atomic E-state index is 12.2. The minimum atomic E-state index is -0.158. The zero-order chi connectivity index (χ0) is 17.1. The molecular weight excluding hydrogens is 328 g/mol. The summed E-state index contributed by atoms with van der Waals surface area (Å²) in [5.74, 6) is -0.0375. The largest absolute Gasteiger partial charge is 0.351 e. The van der Waals surface area contributed by atoms with Crippen LogP contribution in [0.5, 0.6) is 0 Å². The lowest BCUT2D eigenvalue weighted by molar-refractivity contribution is -0.121. The Morgan fingerprint density at radius 3 is 2.79 bits per heavy atom. The van der Waals surface area contributed by atoms with Crippen molar-refractivity contribution in [2.45, 2.75) is 25.3 Å². The van der Waals surface area contributed by atoms with Crippen LogP contribution in [0.2, 0.25) is 5.02 Å². The van der Waals surface area contributed by atoms with Gasteiger partial charge in [-0.3, -0.25) is 14.3 Å². The molecule has 1 aromatic heterocycles. The number of nitrogens with zero attached hydrogens (tertiary/aromatic N) is 3. The van der Waals surface area contributed by atoms with Crippen LogP contribution in [0.15, 0.2) is 36.7 Å². The van der Waals surface area contributed by atoms with Gasteiger partial charge in [0.1, 0.15) is 0 Å². The van der Waals surface area contributed by atoms with E-state index in [1.54, 1.807) is 27.9 Å². The molecule has 1 N–H and O–H groups in total. The van der Waals surface area contributed by atoms with E-state index in [2.05, 4.69) is 10.4 Å². The molecule has 1 atom stereocenters. The van der Waals surface area contributed by atoms with Crippen molar-refractivity contribution in [2.24, 2.45) is 7.05 Å². The first kappa shape index (κ1) is 16.5. The fraction of sp³-hybridized carbons (Fsp3) is 0.353. The molecule has 24 heavy (non-hydrogen) atoms. The Balaban J connectivity index is 1.52. The highest BCUT2D eigenvalue weighted by Crippen LogP contribution is 2.23. The summed E-state index contributed by atoms with van der Waals surface area (Å²) < 4.78 is 1.72. The Morgan fingerprint density at radius 2 is 2.12 bits per heavy atom. The average molecular weight is 347 g/mol. The quantitative estimate of drug-likeness (QED) is 0.899. The Morgan fingerprint density at radius 1 is 1.38 bits per heavy atom. The van der Waals surface area contributed by atoms with Gasteiger partial charge in [0.05, 0.1) is 12.2 Å². The van der Waals surface area contributed by atoms with E-state index in [1.807, 2.05) is 25.4 Å². The molecule has 0 spiro atoms. The third-order valence-corrected chi connectivity index (χ3v) is 4.28. The Labute approximate surface area is 145 Å². The van der Waals surface area contributed by atoms with Crippen molar-refractivity contribution in [2.75, 3.05) is 11.4 Å². The monoisotopic (exact) mass is 346 g/mol. The third-order valence-electron chi connectivity index (χ3n) is 4.03. The first-order valence-corrected chi connectivity index (χ1v) is 8.22. The van der Waals surface area contributed by atoms with Gasteiger partial charge in [-0.2, -0.15) is 5.10 Å². The van der Waals surface area contributed by atoms with E-state index < -0.39 is 0 Å². The number of rotatable bonds is 5. The molecule has 6 nitrogen and oxygen atoms in total. The van der Waals surface area contributed by atoms with Gasteiger partial charge in [0.2, 0.25) is 11.8 Å². The van der Waals surface area contributed by atoms with Gasteiger partial charge in [-0.1, -0.05) is 11.6 Å². The van der Waals surface area contributed by atoms with E-state index >= 15 is 0 Å². The van der Waals surface area contributed by atoms with E-state index in [0.29, 0.717) is 30.8 Å². The molecule has 1 aromatic carbocycles. The standard InChI is InChI=1S/C17H19ClN4O2/c1-21-10-12(9-19-21)2-7-16(23)20-14-8-17(24)22(11-14)15-5-3-13(18)4-6-15/h3-6,9-10,14H,2,7-8,11H2,1H3,(H,20,23)/t14-/m1/s1. The summed E-state index contributed by atoms with van der Waals surface area (Å²) in [6, 6.07) is 6.97. The van der Waals surface area contributed by atoms with Crippen LogP contribution < -0.4 is 10.2 Å². The molecule has 2 amide bonds. The number of anilines is 1. The second-order valence-electron chi connectivity index (χ2n) is 5.97. The molecule has 1 aliphatic rings. The number of benzene rings is 1. The van der Waals surface area contributed by atoms with Crippen LogP contribution >= 0.6 is 11.6 Å². The number of carbonyl (C=O) groups excluding carboxylic acids is 2. The van der Waals surface area contributed by atoms with Gasteiger partial charge in [-0.15, -0.1) is 0 Å². The number of amides is 2. The lowest BCUT2D eigenvalue weighted by atomic mass is 10.2. The predicted octanol–water partition coefficient (Wildman–Crippen LogP) is 1.93. The van der Waals surface area contributed by atoms with Gasteiger partial charge >= 0.3 is 0 Å². The van der Waals surface area contributed by atoms with Crippen LogP contribution in [0.4, 0.5) is 5.69 Å². The van der Waals surface area contributed by atoms with Crippen LogP contribution in [0.1, 0.15) is 18.4 Å². The van der Waals surface area contributed by atoms with E-state index in [1.165, 1.54) is 0 Å². The molecule has 0 aliphatic carbocycles. The zero-order valence-corrected chi connectivity index (χ0v) is 14.2. The summed E-state index contributed by atoms with van der Waals surface area (Å²) in [4.78, 5) is 25.9. The number of aromatic nitrogens is 2. The van der Waals surface area contributed by atoms with E-state index in [9.17, 15) is 9.59 Å². The molecule has 1 fully saturated rings. The van der Waals surface area contributed by atoms with Crippen molar-refractivity contribution < 1.29 is 9.59 Å². The predicted molar refractivity (Wildman–Crippen MR) is 91.9 cm³/mol. The van der Waals surface area contributed by atoms with Crippen molar-refractivity contribution in [3.05, 3.63) is 47.2 Å². The molecule has 0 radical (unpaired) electrons. The van der Waals surface area contributed by atoms with E-state index in [0.717, 1.165) is 11.3 Å². The van der Waals surface area contributed by atoms with Crippen molar-refractivity contribution >= 4 is 29.1 Å². The first-order chi connectivity index (χ1) is 11.5. The number of aryl methyl sites for hydroxylation is 2. The van der Waals surface area contributed by atoms with E-state index in [4.69, 9.17) is 11.6 Å². The Bertz CT molecular complexity index is 741. The number of halogens is 1. The fourth-order valence-electron chi connectivity index (χ4n) is 2.83. The lowest BCUT2D eigenvalue weighted by Gasteiger charge is -2.17. The number of nitrogens with one attached hydrogen (secondary N) is 1. The van der Waals surface area contributed by atoms with Crippen LogP contribution in [0.3, 0.4) is 0 Å². The smallest absolute Gasteiger partial charge is 0.229 e. The molecule has 0 saturated carbocycles. The second kappa shape index (κ2) is 7.05. The highest BCUT2D eigenvalue weighted by atomic mass is 35.5. The second-order valence-corrected chi connectivity index (χ2v) is 6.41. The number of hydrogen-bond acceptors (Lipinski definition) is 3. The first-order valence-electron chi connectivity index (χ1n) is 7.84. The van der Waals surface area contributed by atoms with Crippen molar-refractivity contribution in [1.29, 1.82) is 0 Å². The lowest BCUT2D eigenvalue weighted by Crippen LogP contribution is -2.37. The fourth-order valence-corrected chi connectivity index (χ4v) is 2.96. The van der Waals surface area contributed by atoms with Gasteiger partial charge in [-0.25, -0.2) is 0 Å². The third kappa shape index (κ3) is 3.94. The summed E-state index contributed by atoms with van der Waals surface area (Å²) >= 11 is 5.87. The van der Waals surface area contributed by atoms with Gasteiger partial charge in [0.25, 0.3) is 0 Å². The topological polar surface area (TPSA) is 67.2 Å². The average Bonchev–Trinajstić information content (AvgIpc) is 3.12. The van der Waals surface area contributed by atoms with Crippen LogP contribution in [0.25, 0.3) is 0 Å². The van der Waals surface area contributed by atoms with E-state index in [-0.39, 0.29) is 17.9 Å². The van der Waals surface area contributed by atoms with Crippen LogP contribution in [0, 0.1) is 0 Å². The molecule has 2 heterocycles. The summed E-state index contributed by atoms with van der Waals surface area (Å²) in [5.41, 5.74) is 1.83. The normalized spacial score (nSPS) is 17.3. The molecule has 0 unspecified atom stereocenters. The summed E-state index contributed by atoms with van der Waals surface area (Å²) in [7, 11) is 1.85. The number of carbonyl (C=O) groups is 2. The number of hydrogen-bond donors (Lipinski definition) is 1. The van der Waals surface area contributed by atoms with Crippen LogP contribution in [-0.2, 0) is 23.1 Å². The minimum Gasteiger partial charge on any atom is -0.351 e. The minimum absolute atomic E-state index is 0.00915. The van der Waals surface area contributed by atoms with Crippen molar-refractivity contribution in [3.8, 4) is 0 Å². The molecule has 126 valence electrons. The zero-order valence-electron chi connectivity index (χ0n) is 13.4. The van der Waals surface area contributed by atoms with Crippen LogP contribution in [-0.4, -0.2) is 34.2 Å². The van der Waals surface area contributed by atoms with Gasteiger partial charge in [0.15, 0.2) is 0 Å². The molecule has 3 rings (SSSR count). The summed E-state index contributed by atoms with van der Waals surface area (Å²) in [6.07, 6.45) is 5.00. The molecular formula is C17H19ClN4O2. The Hall–Kier alpha value is -2.34. The van der Waals surface area contributed by atoms with Gasteiger partial charge < -0.3 is 10.2 Å². The SMILES string of the molecule is Cn1cc(CCC(=O)N[C@@H]2CC(=O)N(c3ccc(Cl)cc3)C2)cn1. The Kier molecular flexibility index (Phi) is 4.85. The molecule has 0 bridgehead atoms. The maximum absolute atomic E-state index is 12.2. The molecule has 2 aromatic rings.